The van der Waals surface area contributed by atoms with Gasteiger partial charge in [0.2, 0.25) is 0 Å². The molecular weight excluding hydrogens is 276 g/mol. The predicted molar refractivity (Wildman–Crippen MR) is 89.6 cm³/mol. The van der Waals surface area contributed by atoms with E-state index in [0.29, 0.717) is 23.9 Å². The SMILES string of the molecule is COc1ccc(C)cc1C(=O)NCCCN1CCCC[C@H]1C. The summed E-state index contributed by atoms with van der Waals surface area (Å²) in [6.07, 6.45) is 4.94. The van der Waals surface area contributed by atoms with E-state index in [1.54, 1.807) is 7.11 Å². The zero-order valence-electron chi connectivity index (χ0n) is 14.0. The molecule has 1 aromatic rings. The Kier molecular flexibility index (Phi) is 6.25. The minimum Gasteiger partial charge on any atom is -0.496 e. The number of nitrogens with zero attached hydrogens (tertiary/aromatic N) is 1. The van der Waals surface area contributed by atoms with Crippen LogP contribution in [0.1, 0.15) is 48.5 Å². The van der Waals surface area contributed by atoms with Gasteiger partial charge in [0, 0.05) is 19.1 Å². The molecule has 0 aliphatic carbocycles. The van der Waals surface area contributed by atoms with Crippen molar-refractivity contribution in [3.8, 4) is 5.75 Å². The van der Waals surface area contributed by atoms with Gasteiger partial charge >= 0.3 is 0 Å². The Morgan fingerprint density at radius 1 is 1.41 bits per heavy atom. The van der Waals surface area contributed by atoms with Crippen molar-refractivity contribution >= 4 is 5.91 Å². The second-order valence-electron chi connectivity index (χ2n) is 6.19. The molecule has 1 atom stereocenters. The molecule has 4 nitrogen and oxygen atoms in total. The van der Waals surface area contributed by atoms with Crippen LogP contribution in [0.4, 0.5) is 0 Å². The summed E-state index contributed by atoms with van der Waals surface area (Å²) in [5.41, 5.74) is 1.68. The molecule has 1 saturated heterocycles. The van der Waals surface area contributed by atoms with Gasteiger partial charge in [-0.25, -0.2) is 0 Å². The van der Waals surface area contributed by atoms with Gasteiger partial charge in [0.25, 0.3) is 5.91 Å². The minimum atomic E-state index is -0.0488. The first-order valence-corrected chi connectivity index (χ1v) is 8.28. The van der Waals surface area contributed by atoms with Gasteiger partial charge in [0.15, 0.2) is 0 Å². The maximum Gasteiger partial charge on any atom is 0.255 e. The van der Waals surface area contributed by atoms with Crippen LogP contribution in [0.5, 0.6) is 5.75 Å². The summed E-state index contributed by atoms with van der Waals surface area (Å²) in [7, 11) is 1.60. The van der Waals surface area contributed by atoms with Crippen LogP contribution in [0, 0.1) is 6.92 Å². The van der Waals surface area contributed by atoms with Gasteiger partial charge in [0.1, 0.15) is 5.75 Å². The lowest BCUT2D eigenvalue weighted by Crippen LogP contribution is -2.39. The minimum absolute atomic E-state index is 0.0488. The summed E-state index contributed by atoms with van der Waals surface area (Å²) in [5, 5.41) is 3.01. The second-order valence-corrected chi connectivity index (χ2v) is 6.19. The molecule has 0 unspecified atom stereocenters. The number of hydrogen-bond acceptors (Lipinski definition) is 3. The summed E-state index contributed by atoms with van der Waals surface area (Å²) in [6, 6.07) is 6.36. The average Bonchev–Trinajstić information content (AvgIpc) is 2.52. The summed E-state index contributed by atoms with van der Waals surface area (Å²) >= 11 is 0. The molecule has 4 heteroatoms. The van der Waals surface area contributed by atoms with Gasteiger partial charge in [-0.1, -0.05) is 18.1 Å². The Morgan fingerprint density at radius 3 is 2.95 bits per heavy atom. The van der Waals surface area contributed by atoms with Crippen LogP contribution in [0.3, 0.4) is 0 Å². The average molecular weight is 304 g/mol. The van der Waals surface area contributed by atoms with Crippen LogP contribution < -0.4 is 10.1 Å². The lowest BCUT2D eigenvalue weighted by atomic mass is 10.0. The fraction of sp³-hybridized carbons (Fsp3) is 0.611. The van der Waals surface area contributed by atoms with Crippen molar-refractivity contribution in [1.29, 1.82) is 0 Å². The van der Waals surface area contributed by atoms with E-state index in [1.165, 1.54) is 25.8 Å². The number of aryl methyl sites for hydroxylation is 1. The Hall–Kier alpha value is -1.55. The molecule has 1 aromatic carbocycles. The molecule has 1 amide bonds. The molecule has 1 fully saturated rings. The first-order chi connectivity index (χ1) is 10.6. The molecule has 0 aromatic heterocycles. The van der Waals surface area contributed by atoms with Gasteiger partial charge in [0.05, 0.1) is 12.7 Å². The maximum absolute atomic E-state index is 12.3. The van der Waals surface area contributed by atoms with Crippen LogP contribution in [0.2, 0.25) is 0 Å². The number of methoxy groups -OCH3 is 1. The fourth-order valence-electron chi connectivity index (χ4n) is 3.07. The fourth-order valence-corrected chi connectivity index (χ4v) is 3.07. The lowest BCUT2D eigenvalue weighted by molar-refractivity contribution is 0.0946. The van der Waals surface area contributed by atoms with Gasteiger partial charge in [-0.3, -0.25) is 4.79 Å². The third kappa shape index (κ3) is 4.47. The molecule has 0 saturated carbocycles. The van der Waals surface area contributed by atoms with Crippen molar-refractivity contribution in [2.24, 2.45) is 0 Å². The standard InChI is InChI=1S/C18H28N2O2/c1-14-8-9-17(22-3)16(13-14)18(21)19-10-6-12-20-11-5-4-7-15(20)2/h8-9,13,15H,4-7,10-12H2,1-3H3,(H,19,21)/t15-/m1/s1. The van der Waals surface area contributed by atoms with Crippen molar-refractivity contribution in [3.05, 3.63) is 29.3 Å². The predicted octanol–water partition coefficient (Wildman–Crippen LogP) is 3.00. The van der Waals surface area contributed by atoms with E-state index in [-0.39, 0.29) is 5.91 Å². The zero-order chi connectivity index (χ0) is 15.9. The Morgan fingerprint density at radius 2 is 2.23 bits per heavy atom. The summed E-state index contributed by atoms with van der Waals surface area (Å²) in [6.45, 7) is 7.25. The molecule has 122 valence electrons. The molecule has 0 radical (unpaired) electrons. The van der Waals surface area contributed by atoms with Crippen molar-refractivity contribution in [3.63, 3.8) is 0 Å². The molecule has 0 spiro atoms. The molecule has 22 heavy (non-hydrogen) atoms. The van der Waals surface area contributed by atoms with Crippen LogP contribution >= 0.6 is 0 Å². The van der Waals surface area contributed by atoms with E-state index in [1.807, 2.05) is 25.1 Å². The Balaban J connectivity index is 1.79. The monoisotopic (exact) mass is 304 g/mol. The number of ether oxygens (including phenoxy) is 1. The van der Waals surface area contributed by atoms with Crippen LogP contribution in [-0.2, 0) is 0 Å². The number of carbonyl (C=O) groups excluding carboxylic acids is 1. The van der Waals surface area contributed by atoms with E-state index in [2.05, 4.69) is 17.1 Å². The third-order valence-corrected chi connectivity index (χ3v) is 4.45. The molecule has 1 aliphatic heterocycles. The van der Waals surface area contributed by atoms with E-state index in [4.69, 9.17) is 4.74 Å². The molecule has 0 bridgehead atoms. The van der Waals surface area contributed by atoms with Crippen molar-refractivity contribution in [2.45, 2.75) is 45.6 Å². The highest BCUT2D eigenvalue weighted by Gasteiger charge is 2.17. The third-order valence-electron chi connectivity index (χ3n) is 4.45. The highest BCUT2D eigenvalue weighted by Crippen LogP contribution is 2.19. The number of carbonyl (C=O) groups is 1. The quantitative estimate of drug-likeness (QED) is 0.822. The molecule has 1 heterocycles. The second kappa shape index (κ2) is 8.18. The number of hydrogen-bond donors (Lipinski definition) is 1. The van der Waals surface area contributed by atoms with Crippen molar-refractivity contribution < 1.29 is 9.53 Å². The number of benzene rings is 1. The van der Waals surface area contributed by atoms with Crippen molar-refractivity contribution in [1.82, 2.24) is 10.2 Å². The number of rotatable bonds is 6. The topological polar surface area (TPSA) is 41.6 Å². The molecular formula is C18H28N2O2. The van der Waals surface area contributed by atoms with E-state index < -0.39 is 0 Å². The molecule has 2 rings (SSSR count). The maximum atomic E-state index is 12.3. The summed E-state index contributed by atoms with van der Waals surface area (Å²) < 4.78 is 5.27. The summed E-state index contributed by atoms with van der Waals surface area (Å²) in [5.74, 6) is 0.583. The number of amides is 1. The largest absolute Gasteiger partial charge is 0.496 e. The molecule has 1 N–H and O–H groups in total. The Bertz CT molecular complexity index is 502. The normalized spacial score (nSPS) is 19.0. The highest BCUT2D eigenvalue weighted by molar-refractivity contribution is 5.97. The number of nitrogens with one attached hydrogen (secondary N) is 1. The van der Waals surface area contributed by atoms with Crippen LogP contribution in [0.25, 0.3) is 0 Å². The van der Waals surface area contributed by atoms with Gasteiger partial charge < -0.3 is 15.0 Å². The first kappa shape index (κ1) is 16.8. The van der Waals surface area contributed by atoms with E-state index in [0.717, 1.165) is 18.5 Å². The molecule has 1 aliphatic rings. The summed E-state index contributed by atoms with van der Waals surface area (Å²) in [4.78, 5) is 14.8. The number of piperidine rings is 1. The van der Waals surface area contributed by atoms with E-state index >= 15 is 0 Å². The van der Waals surface area contributed by atoms with Gasteiger partial charge in [-0.15, -0.1) is 0 Å². The van der Waals surface area contributed by atoms with Gasteiger partial charge in [-0.05, 0) is 51.8 Å². The van der Waals surface area contributed by atoms with E-state index in [9.17, 15) is 4.79 Å². The lowest BCUT2D eigenvalue weighted by Gasteiger charge is -2.33. The van der Waals surface area contributed by atoms with Crippen molar-refractivity contribution in [2.75, 3.05) is 26.7 Å². The van der Waals surface area contributed by atoms with Crippen LogP contribution in [0.15, 0.2) is 18.2 Å². The highest BCUT2D eigenvalue weighted by atomic mass is 16.5. The van der Waals surface area contributed by atoms with Crippen LogP contribution in [-0.4, -0.2) is 43.6 Å². The first-order valence-electron chi connectivity index (χ1n) is 8.28. The van der Waals surface area contributed by atoms with Gasteiger partial charge in [-0.2, -0.15) is 0 Å². The zero-order valence-corrected chi connectivity index (χ0v) is 14.0. The number of likely N-dealkylation sites (tertiary alicyclic amines) is 1. The smallest absolute Gasteiger partial charge is 0.255 e. The Labute approximate surface area is 133 Å².